The van der Waals surface area contributed by atoms with E-state index >= 15 is 0 Å². The van der Waals surface area contributed by atoms with Crippen molar-refractivity contribution in [3.63, 3.8) is 0 Å². The van der Waals surface area contributed by atoms with Gasteiger partial charge in [0.15, 0.2) is 0 Å². The molecule has 0 heterocycles. The standard InChI is InChI=1S/C6H15ClO3Si/c1-8-11(9-2)10-6-4-3-5-7/h11H,3-6H2,1-2H3. The van der Waals surface area contributed by atoms with Gasteiger partial charge in [0.1, 0.15) is 0 Å². The van der Waals surface area contributed by atoms with Crippen LogP contribution in [-0.2, 0) is 13.3 Å². The van der Waals surface area contributed by atoms with E-state index in [2.05, 4.69) is 0 Å². The minimum atomic E-state index is -1.78. The van der Waals surface area contributed by atoms with Crippen molar-refractivity contribution in [2.75, 3.05) is 26.7 Å². The number of alkyl halides is 1. The fourth-order valence-electron chi connectivity index (χ4n) is 0.608. The van der Waals surface area contributed by atoms with E-state index in [0.29, 0.717) is 12.5 Å². The van der Waals surface area contributed by atoms with E-state index in [9.17, 15) is 0 Å². The molecule has 0 radical (unpaired) electrons. The van der Waals surface area contributed by atoms with Gasteiger partial charge < -0.3 is 13.3 Å². The van der Waals surface area contributed by atoms with Crippen LogP contribution in [0.25, 0.3) is 0 Å². The predicted octanol–water partition coefficient (Wildman–Crippen LogP) is 1.03. The second-order valence-corrected chi connectivity index (χ2v) is 4.26. The van der Waals surface area contributed by atoms with Crippen LogP contribution < -0.4 is 0 Å². The summed E-state index contributed by atoms with van der Waals surface area (Å²) >= 11 is 5.48. The normalized spacial score (nSPS) is 10.9. The Morgan fingerprint density at radius 1 is 1.18 bits per heavy atom. The van der Waals surface area contributed by atoms with Crippen LogP contribution in [0.1, 0.15) is 12.8 Å². The van der Waals surface area contributed by atoms with Gasteiger partial charge in [-0.3, -0.25) is 0 Å². The molecule has 0 aliphatic rings. The highest BCUT2D eigenvalue weighted by Crippen LogP contribution is 1.95. The second-order valence-electron chi connectivity index (χ2n) is 2.03. The maximum absolute atomic E-state index is 5.48. The van der Waals surface area contributed by atoms with Crippen LogP contribution in [0.3, 0.4) is 0 Å². The van der Waals surface area contributed by atoms with Crippen LogP contribution in [0.5, 0.6) is 0 Å². The van der Waals surface area contributed by atoms with Gasteiger partial charge >= 0.3 is 9.53 Å². The first kappa shape index (κ1) is 11.4. The van der Waals surface area contributed by atoms with Crippen LogP contribution in [0.4, 0.5) is 0 Å². The summed E-state index contributed by atoms with van der Waals surface area (Å²) in [6.07, 6.45) is 1.95. The van der Waals surface area contributed by atoms with Gasteiger partial charge in [0.25, 0.3) is 0 Å². The highest BCUT2D eigenvalue weighted by molar-refractivity contribution is 6.36. The highest BCUT2D eigenvalue weighted by Gasteiger charge is 2.09. The zero-order chi connectivity index (χ0) is 8.53. The van der Waals surface area contributed by atoms with Crippen LogP contribution in [0.15, 0.2) is 0 Å². The summed E-state index contributed by atoms with van der Waals surface area (Å²) in [5.74, 6) is 0.690. The molecule has 0 saturated carbocycles. The third-order valence-corrected chi connectivity index (χ3v) is 2.71. The molecule has 0 aromatic carbocycles. The lowest BCUT2D eigenvalue weighted by Gasteiger charge is -2.10. The summed E-state index contributed by atoms with van der Waals surface area (Å²) in [5, 5.41) is 0. The van der Waals surface area contributed by atoms with Crippen molar-refractivity contribution in [2.45, 2.75) is 12.8 Å². The van der Waals surface area contributed by atoms with Crippen LogP contribution in [0.2, 0.25) is 0 Å². The molecule has 0 aliphatic carbocycles. The fraction of sp³-hybridized carbons (Fsp3) is 1.00. The van der Waals surface area contributed by atoms with Crippen molar-refractivity contribution in [1.82, 2.24) is 0 Å². The van der Waals surface area contributed by atoms with Gasteiger partial charge in [0.2, 0.25) is 0 Å². The van der Waals surface area contributed by atoms with Crippen molar-refractivity contribution in [3.8, 4) is 0 Å². The summed E-state index contributed by atoms with van der Waals surface area (Å²) in [4.78, 5) is 0. The number of halogens is 1. The predicted molar refractivity (Wildman–Crippen MR) is 47.1 cm³/mol. The van der Waals surface area contributed by atoms with Crippen molar-refractivity contribution in [1.29, 1.82) is 0 Å². The molecular weight excluding hydrogens is 184 g/mol. The molecule has 0 atom stereocenters. The molecular formula is C6H15ClO3Si. The average molecular weight is 199 g/mol. The molecule has 3 nitrogen and oxygen atoms in total. The minimum absolute atomic E-state index is 0.686. The van der Waals surface area contributed by atoms with Gasteiger partial charge in [-0.1, -0.05) is 0 Å². The Morgan fingerprint density at radius 2 is 1.82 bits per heavy atom. The minimum Gasteiger partial charge on any atom is -0.379 e. The molecule has 68 valence electrons. The molecule has 0 N–H and O–H groups in total. The summed E-state index contributed by atoms with van der Waals surface area (Å²) in [6.45, 7) is 0.686. The molecule has 0 aromatic rings. The van der Waals surface area contributed by atoms with E-state index < -0.39 is 9.53 Å². The maximum atomic E-state index is 5.48. The number of hydrogen-bond donors (Lipinski definition) is 0. The molecule has 0 aromatic heterocycles. The van der Waals surface area contributed by atoms with Gasteiger partial charge in [-0.25, -0.2) is 0 Å². The number of unbranched alkanes of at least 4 members (excludes halogenated alkanes) is 1. The third-order valence-electron chi connectivity index (χ3n) is 1.17. The van der Waals surface area contributed by atoms with Crippen molar-refractivity contribution >= 4 is 21.1 Å². The Balaban J connectivity index is 3.07. The van der Waals surface area contributed by atoms with Crippen LogP contribution in [0, 0.1) is 0 Å². The molecule has 0 unspecified atom stereocenters. The lowest BCUT2D eigenvalue weighted by Crippen LogP contribution is -2.24. The second kappa shape index (κ2) is 8.48. The molecule has 0 rings (SSSR count). The Morgan fingerprint density at radius 3 is 2.27 bits per heavy atom. The van der Waals surface area contributed by atoms with E-state index in [1.807, 2.05) is 0 Å². The van der Waals surface area contributed by atoms with Crippen molar-refractivity contribution < 1.29 is 13.3 Å². The Bertz CT molecular complexity index is 80.2. The molecule has 11 heavy (non-hydrogen) atoms. The first-order valence-corrected chi connectivity index (χ1v) is 5.53. The maximum Gasteiger partial charge on any atom is 0.483 e. The molecule has 5 heteroatoms. The van der Waals surface area contributed by atoms with Crippen molar-refractivity contribution in [3.05, 3.63) is 0 Å². The molecule has 0 spiro atoms. The Kier molecular flexibility index (Phi) is 8.78. The van der Waals surface area contributed by atoms with E-state index in [1.165, 1.54) is 0 Å². The first-order chi connectivity index (χ1) is 5.35. The van der Waals surface area contributed by atoms with Gasteiger partial charge in [-0.15, -0.1) is 11.6 Å². The van der Waals surface area contributed by atoms with E-state index in [1.54, 1.807) is 14.2 Å². The lowest BCUT2D eigenvalue weighted by atomic mass is 10.4. The average Bonchev–Trinajstić information content (AvgIpc) is 2.05. The Hall–Kier alpha value is 0.387. The van der Waals surface area contributed by atoms with Gasteiger partial charge in [-0.2, -0.15) is 0 Å². The zero-order valence-corrected chi connectivity index (χ0v) is 8.92. The summed E-state index contributed by atoms with van der Waals surface area (Å²) < 4.78 is 15.2. The van der Waals surface area contributed by atoms with Crippen LogP contribution in [-0.4, -0.2) is 36.2 Å². The van der Waals surface area contributed by atoms with Crippen LogP contribution >= 0.6 is 11.6 Å². The topological polar surface area (TPSA) is 27.7 Å². The monoisotopic (exact) mass is 198 g/mol. The van der Waals surface area contributed by atoms with E-state index in [0.717, 1.165) is 12.8 Å². The SMILES string of the molecule is CO[SiH](OC)OCCCCCl. The fourth-order valence-corrected chi connectivity index (χ4v) is 1.62. The molecule has 0 aliphatic heterocycles. The summed E-state index contributed by atoms with van der Waals surface area (Å²) in [6, 6.07) is 0. The van der Waals surface area contributed by atoms with Gasteiger partial charge in [0, 0.05) is 26.7 Å². The lowest BCUT2D eigenvalue weighted by molar-refractivity contribution is 0.134. The van der Waals surface area contributed by atoms with Gasteiger partial charge in [-0.05, 0) is 12.8 Å². The quantitative estimate of drug-likeness (QED) is 0.348. The molecule has 0 amide bonds. The van der Waals surface area contributed by atoms with Gasteiger partial charge in [0.05, 0.1) is 0 Å². The number of hydrogen-bond acceptors (Lipinski definition) is 3. The Labute approximate surface area is 74.6 Å². The van der Waals surface area contributed by atoms with E-state index in [-0.39, 0.29) is 0 Å². The molecule has 0 bridgehead atoms. The first-order valence-electron chi connectivity index (χ1n) is 3.58. The van der Waals surface area contributed by atoms with E-state index in [4.69, 9.17) is 24.9 Å². The molecule has 0 saturated heterocycles. The largest absolute Gasteiger partial charge is 0.483 e. The zero-order valence-electron chi connectivity index (χ0n) is 7.01. The summed E-state index contributed by atoms with van der Waals surface area (Å²) in [5.41, 5.74) is 0. The smallest absolute Gasteiger partial charge is 0.379 e. The molecule has 0 fully saturated rings. The third kappa shape index (κ3) is 6.77. The number of rotatable bonds is 7. The highest BCUT2D eigenvalue weighted by atomic mass is 35.5. The van der Waals surface area contributed by atoms with Crippen molar-refractivity contribution in [2.24, 2.45) is 0 Å². The summed E-state index contributed by atoms with van der Waals surface area (Å²) in [7, 11) is 1.42.